The van der Waals surface area contributed by atoms with Crippen molar-refractivity contribution < 1.29 is 4.79 Å². The molecule has 0 spiro atoms. The van der Waals surface area contributed by atoms with E-state index < -0.39 is 0 Å². The minimum absolute atomic E-state index is 0.0481. The summed E-state index contributed by atoms with van der Waals surface area (Å²) in [4.78, 5) is 16.6. The summed E-state index contributed by atoms with van der Waals surface area (Å²) in [7, 11) is 1.87. The largest absolute Gasteiger partial charge is 0.355 e. The number of rotatable bonds is 7. The van der Waals surface area contributed by atoms with Crippen molar-refractivity contribution in [1.29, 1.82) is 0 Å². The second-order valence-corrected chi connectivity index (χ2v) is 5.03. The number of hydrogen-bond donors (Lipinski definition) is 2. The molecule has 106 valence electrons. The molecule has 1 saturated heterocycles. The summed E-state index contributed by atoms with van der Waals surface area (Å²) in [5, 5.41) is 6.03. The van der Waals surface area contributed by atoms with Crippen molar-refractivity contribution in [1.82, 2.24) is 20.4 Å². The first-order valence-electron chi connectivity index (χ1n) is 7.04. The zero-order valence-corrected chi connectivity index (χ0v) is 12.0. The molecule has 1 unspecified atom stereocenters. The van der Waals surface area contributed by atoms with Crippen molar-refractivity contribution in [3.8, 4) is 0 Å². The highest BCUT2D eigenvalue weighted by Crippen LogP contribution is 2.00. The number of piperazine rings is 1. The minimum atomic E-state index is 0.0481. The summed E-state index contributed by atoms with van der Waals surface area (Å²) in [6.45, 7) is 12.3. The Morgan fingerprint density at radius 2 is 1.83 bits per heavy atom. The van der Waals surface area contributed by atoms with Crippen LogP contribution in [0.5, 0.6) is 0 Å². The van der Waals surface area contributed by atoms with Gasteiger partial charge in [-0.2, -0.15) is 0 Å². The molecule has 1 aliphatic rings. The van der Waals surface area contributed by atoms with Gasteiger partial charge in [-0.25, -0.2) is 0 Å². The maximum Gasteiger partial charge on any atom is 0.224 e. The second-order valence-electron chi connectivity index (χ2n) is 5.03. The van der Waals surface area contributed by atoms with Gasteiger partial charge >= 0.3 is 0 Å². The lowest BCUT2D eigenvalue weighted by atomic mass is 10.1. The first-order valence-corrected chi connectivity index (χ1v) is 7.04. The number of carbonyl (C=O) groups is 1. The summed E-state index contributed by atoms with van der Waals surface area (Å²) in [5.74, 6) is 0.198. The molecule has 1 amide bonds. The Hall–Kier alpha value is -0.650. The highest BCUT2D eigenvalue weighted by Gasteiger charge is 2.16. The monoisotopic (exact) mass is 256 g/mol. The highest BCUT2D eigenvalue weighted by molar-refractivity contribution is 5.78. The van der Waals surface area contributed by atoms with Gasteiger partial charge in [-0.05, 0) is 13.6 Å². The van der Waals surface area contributed by atoms with E-state index in [1.54, 1.807) is 0 Å². The van der Waals surface area contributed by atoms with Crippen LogP contribution >= 0.6 is 0 Å². The van der Waals surface area contributed by atoms with Gasteiger partial charge in [0.25, 0.3) is 0 Å². The van der Waals surface area contributed by atoms with E-state index in [0.29, 0.717) is 0 Å². The van der Waals surface area contributed by atoms with Gasteiger partial charge in [0.05, 0.1) is 0 Å². The lowest BCUT2D eigenvalue weighted by Crippen LogP contribution is -2.48. The maximum atomic E-state index is 11.7. The first kappa shape index (κ1) is 15.4. The van der Waals surface area contributed by atoms with Crippen LogP contribution in [0.15, 0.2) is 0 Å². The Morgan fingerprint density at radius 1 is 1.22 bits per heavy atom. The third-order valence-electron chi connectivity index (χ3n) is 3.60. The Balaban J connectivity index is 2.09. The van der Waals surface area contributed by atoms with Gasteiger partial charge < -0.3 is 15.5 Å². The molecular weight excluding hydrogens is 228 g/mol. The average molecular weight is 256 g/mol. The lowest BCUT2D eigenvalue weighted by molar-refractivity contribution is -0.124. The summed E-state index contributed by atoms with van der Waals surface area (Å²) < 4.78 is 0. The molecule has 18 heavy (non-hydrogen) atoms. The Labute approximate surface area is 111 Å². The molecular formula is C13H28N4O. The first-order chi connectivity index (χ1) is 8.67. The molecule has 0 radical (unpaired) electrons. The van der Waals surface area contributed by atoms with Crippen molar-refractivity contribution in [3.05, 3.63) is 0 Å². The second kappa shape index (κ2) is 8.45. The van der Waals surface area contributed by atoms with Gasteiger partial charge in [0.15, 0.2) is 0 Å². The summed E-state index contributed by atoms with van der Waals surface area (Å²) in [6, 6.07) is 0. The number of hydrogen-bond acceptors (Lipinski definition) is 4. The van der Waals surface area contributed by atoms with Crippen LogP contribution < -0.4 is 10.6 Å². The van der Waals surface area contributed by atoms with Crippen molar-refractivity contribution in [3.63, 3.8) is 0 Å². The number of carbonyl (C=O) groups excluding carboxylic acids is 1. The predicted octanol–water partition coefficient (Wildman–Crippen LogP) is -0.404. The standard InChI is InChI=1S/C13H28N4O/c1-4-16-7-9-17(10-8-16)6-5-15-13(18)12(2)11-14-3/h12,14H,4-11H2,1-3H3,(H,15,18). The van der Waals surface area contributed by atoms with Gasteiger partial charge in [-0.3, -0.25) is 9.69 Å². The molecule has 0 saturated carbocycles. The molecule has 0 aromatic heterocycles. The van der Waals surface area contributed by atoms with Crippen LogP contribution in [0, 0.1) is 5.92 Å². The van der Waals surface area contributed by atoms with Gasteiger partial charge in [-0.1, -0.05) is 13.8 Å². The SMILES string of the molecule is CCN1CCN(CCNC(=O)C(C)CNC)CC1. The average Bonchev–Trinajstić information content (AvgIpc) is 2.39. The summed E-state index contributed by atoms with van der Waals surface area (Å²) in [6.07, 6.45) is 0. The Morgan fingerprint density at radius 3 is 2.39 bits per heavy atom. The number of nitrogens with zero attached hydrogens (tertiary/aromatic N) is 2. The fourth-order valence-electron chi connectivity index (χ4n) is 2.24. The van der Waals surface area contributed by atoms with E-state index in [9.17, 15) is 4.79 Å². The van der Waals surface area contributed by atoms with E-state index in [4.69, 9.17) is 0 Å². The Bertz CT molecular complexity index is 239. The van der Waals surface area contributed by atoms with Crippen LogP contribution in [0.3, 0.4) is 0 Å². The molecule has 1 aliphatic heterocycles. The highest BCUT2D eigenvalue weighted by atomic mass is 16.1. The molecule has 1 fully saturated rings. The van der Waals surface area contributed by atoms with E-state index >= 15 is 0 Å². The molecule has 1 rings (SSSR count). The maximum absolute atomic E-state index is 11.7. The molecule has 2 N–H and O–H groups in total. The molecule has 0 bridgehead atoms. The van der Waals surface area contributed by atoms with Crippen molar-refractivity contribution in [2.24, 2.45) is 5.92 Å². The fourth-order valence-corrected chi connectivity index (χ4v) is 2.24. The van der Waals surface area contributed by atoms with Crippen LogP contribution in [-0.4, -0.2) is 75.1 Å². The topological polar surface area (TPSA) is 47.6 Å². The third-order valence-corrected chi connectivity index (χ3v) is 3.60. The van der Waals surface area contributed by atoms with Crippen molar-refractivity contribution in [2.75, 3.05) is 59.4 Å². The normalized spacial score (nSPS) is 19.7. The quantitative estimate of drug-likeness (QED) is 0.650. The molecule has 0 aromatic rings. The van der Waals surface area contributed by atoms with Crippen LogP contribution in [0.1, 0.15) is 13.8 Å². The smallest absolute Gasteiger partial charge is 0.224 e. The summed E-state index contributed by atoms with van der Waals surface area (Å²) >= 11 is 0. The molecule has 5 heteroatoms. The molecule has 0 aromatic carbocycles. The number of likely N-dealkylation sites (N-methyl/N-ethyl adjacent to an activating group) is 1. The van der Waals surface area contributed by atoms with Crippen LogP contribution in [0.25, 0.3) is 0 Å². The van der Waals surface area contributed by atoms with Gasteiger partial charge in [0, 0.05) is 51.7 Å². The van der Waals surface area contributed by atoms with Crippen molar-refractivity contribution >= 4 is 5.91 Å². The van der Waals surface area contributed by atoms with Crippen LogP contribution in [0.2, 0.25) is 0 Å². The molecule has 0 aliphatic carbocycles. The summed E-state index contributed by atoms with van der Waals surface area (Å²) in [5.41, 5.74) is 0. The van der Waals surface area contributed by atoms with Crippen LogP contribution in [-0.2, 0) is 4.79 Å². The number of nitrogens with one attached hydrogen (secondary N) is 2. The van der Waals surface area contributed by atoms with E-state index in [0.717, 1.165) is 52.4 Å². The van der Waals surface area contributed by atoms with E-state index in [1.807, 2.05) is 14.0 Å². The zero-order chi connectivity index (χ0) is 13.4. The minimum Gasteiger partial charge on any atom is -0.355 e. The lowest BCUT2D eigenvalue weighted by Gasteiger charge is -2.34. The van der Waals surface area contributed by atoms with Crippen molar-refractivity contribution in [2.45, 2.75) is 13.8 Å². The number of amides is 1. The van der Waals surface area contributed by atoms with E-state index in [2.05, 4.69) is 27.4 Å². The Kier molecular flexibility index (Phi) is 7.23. The third kappa shape index (κ3) is 5.33. The zero-order valence-electron chi connectivity index (χ0n) is 12.0. The van der Waals surface area contributed by atoms with E-state index in [-0.39, 0.29) is 11.8 Å². The van der Waals surface area contributed by atoms with Gasteiger partial charge in [0.1, 0.15) is 0 Å². The predicted molar refractivity (Wildman–Crippen MR) is 74.7 cm³/mol. The molecule has 5 nitrogen and oxygen atoms in total. The van der Waals surface area contributed by atoms with Gasteiger partial charge in [-0.15, -0.1) is 0 Å². The van der Waals surface area contributed by atoms with E-state index in [1.165, 1.54) is 0 Å². The molecule has 1 atom stereocenters. The molecule has 1 heterocycles. The van der Waals surface area contributed by atoms with Gasteiger partial charge in [0.2, 0.25) is 5.91 Å². The van der Waals surface area contributed by atoms with Crippen LogP contribution in [0.4, 0.5) is 0 Å². The fraction of sp³-hybridized carbons (Fsp3) is 0.923.